The maximum Gasteiger partial charge on any atom is 0.313 e. The van der Waals surface area contributed by atoms with Crippen LogP contribution in [-0.2, 0) is 16.0 Å². The minimum absolute atomic E-state index is 0.0170. The zero-order chi connectivity index (χ0) is 17.8. The third-order valence-corrected chi connectivity index (χ3v) is 4.75. The fraction of sp³-hybridized carbons (Fsp3) is 0.235. The van der Waals surface area contributed by atoms with Gasteiger partial charge < -0.3 is 20.1 Å². The van der Waals surface area contributed by atoms with Crippen LogP contribution in [0.1, 0.15) is 21.5 Å². The summed E-state index contributed by atoms with van der Waals surface area (Å²) in [6.45, 7) is 1.96. The second-order valence-corrected chi connectivity index (χ2v) is 6.52. The summed E-state index contributed by atoms with van der Waals surface area (Å²) in [6.07, 6.45) is 0.557. The van der Waals surface area contributed by atoms with E-state index >= 15 is 0 Å². The highest BCUT2D eigenvalue weighted by molar-refractivity contribution is 7.14. The van der Waals surface area contributed by atoms with Crippen molar-refractivity contribution in [1.82, 2.24) is 5.32 Å². The van der Waals surface area contributed by atoms with E-state index in [-0.39, 0.29) is 12.6 Å². The van der Waals surface area contributed by atoms with Gasteiger partial charge in [0.05, 0.1) is 4.88 Å². The second-order valence-electron chi connectivity index (χ2n) is 5.35. The summed E-state index contributed by atoms with van der Waals surface area (Å²) in [5.74, 6) is -0.334. The lowest BCUT2D eigenvalue weighted by Gasteiger charge is -2.06. The first kappa shape index (κ1) is 17.0. The summed E-state index contributed by atoms with van der Waals surface area (Å²) >= 11 is 1.39. The number of ether oxygens (including phenoxy) is 2. The Morgan fingerprint density at radius 3 is 2.64 bits per heavy atom. The third kappa shape index (κ3) is 4.16. The molecule has 0 unspecified atom stereocenters. The summed E-state index contributed by atoms with van der Waals surface area (Å²) in [7, 11) is 0. The molecule has 2 heterocycles. The average molecular weight is 360 g/mol. The molecule has 2 N–H and O–H groups in total. The standard InChI is InChI=1S/C17H16N2O5S/c1-10(20)15-5-3-12(25-15)6-7-18-16(21)17(22)19-11-2-4-13-14(8-11)24-9-23-13/h2-5,8H,6-7,9H2,1H3,(H,18,21)(H,19,22). The number of rotatable bonds is 5. The molecule has 0 aliphatic carbocycles. The summed E-state index contributed by atoms with van der Waals surface area (Å²) < 4.78 is 10.4. The number of carbonyl (C=O) groups is 3. The number of benzene rings is 1. The van der Waals surface area contributed by atoms with Gasteiger partial charge in [0.2, 0.25) is 6.79 Å². The summed E-state index contributed by atoms with van der Waals surface area (Å²) in [4.78, 5) is 36.7. The van der Waals surface area contributed by atoms with Crippen LogP contribution in [-0.4, -0.2) is 30.9 Å². The predicted octanol–water partition coefficient (Wildman–Crippen LogP) is 1.98. The SMILES string of the molecule is CC(=O)c1ccc(CCNC(=O)C(=O)Nc2ccc3c(c2)OCO3)s1. The molecule has 0 radical (unpaired) electrons. The summed E-state index contributed by atoms with van der Waals surface area (Å²) in [5, 5.41) is 5.07. The minimum Gasteiger partial charge on any atom is -0.454 e. The number of fused-ring (bicyclic) bond motifs is 1. The van der Waals surface area contributed by atoms with Crippen LogP contribution in [0.5, 0.6) is 11.5 Å². The van der Waals surface area contributed by atoms with Crippen LogP contribution in [0.3, 0.4) is 0 Å². The van der Waals surface area contributed by atoms with Crippen LogP contribution in [0.15, 0.2) is 30.3 Å². The van der Waals surface area contributed by atoms with Gasteiger partial charge in [0.1, 0.15) is 0 Å². The van der Waals surface area contributed by atoms with Gasteiger partial charge in [-0.05, 0) is 37.6 Å². The summed E-state index contributed by atoms with van der Waals surface area (Å²) in [5.41, 5.74) is 0.453. The smallest absolute Gasteiger partial charge is 0.313 e. The van der Waals surface area contributed by atoms with E-state index < -0.39 is 11.8 Å². The maximum atomic E-state index is 11.9. The van der Waals surface area contributed by atoms with Gasteiger partial charge in [-0.3, -0.25) is 14.4 Å². The highest BCUT2D eigenvalue weighted by Crippen LogP contribution is 2.34. The van der Waals surface area contributed by atoms with Gasteiger partial charge in [-0.2, -0.15) is 0 Å². The number of Topliss-reactive ketones (excluding diaryl/α,β-unsaturated/α-hetero) is 1. The molecule has 1 aliphatic heterocycles. The van der Waals surface area contributed by atoms with Crippen LogP contribution < -0.4 is 20.1 Å². The minimum atomic E-state index is -0.755. The van der Waals surface area contributed by atoms with Crippen LogP contribution in [0, 0.1) is 0 Å². The molecular weight excluding hydrogens is 344 g/mol. The first-order valence-electron chi connectivity index (χ1n) is 7.61. The Hall–Kier alpha value is -2.87. The molecule has 2 aromatic rings. The van der Waals surface area contributed by atoms with Crippen molar-refractivity contribution in [3.05, 3.63) is 40.1 Å². The Labute approximate surface area is 147 Å². The van der Waals surface area contributed by atoms with E-state index in [0.29, 0.717) is 35.0 Å². The fourth-order valence-electron chi connectivity index (χ4n) is 2.24. The molecule has 1 aliphatic rings. The molecule has 3 rings (SSSR count). The highest BCUT2D eigenvalue weighted by Gasteiger charge is 2.17. The monoisotopic (exact) mass is 360 g/mol. The van der Waals surface area contributed by atoms with E-state index in [0.717, 1.165) is 4.88 Å². The first-order valence-corrected chi connectivity index (χ1v) is 8.43. The third-order valence-electron chi connectivity index (χ3n) is 3.50. The Bertz CT molecular complexity index is 830. The molecule has 0 atom stereocenters. The predicted molar refractivity (Wildman–Crippen MR) is 92.2 cm³/mol. The van der Waals surface area contributed by atoms with Crippen molar-refractivity contribution >= 4 is 34.6 Å². The fourth-order valence-corrected chi connectivity index (χ4v) is 3.15. The maximum absolute atomic E-state index is 11.9. The van der Waals surface area contributed by atoms with Crippen LogP contribution >= 0.6 is 11.3 Å². The molecular formula is C17H16N2O5S. The van der Waals surface area contributed by atoms with Crippen molar-refractivity contribution in [1.29, 1.82) is 0 Å². The number of ketones is 1. The summed E-state index contributed by atoms with van der Waals surface area (Å²) in [6, 6.07) is 8.51. The van der Waals surface area contributed by atoms with Gasteiger partial charge in [0, 0.05) is 23.2 Å². The normalized spacial score (nSPS) is 11.9. The van der Waals surface area contributed by atoms with Crippen molar-refractivity contribution in [2.45, 2.75) is 13.3 Å². The number of amides is 2. The number of nitrogens with one attached hydrogen (secondary N) is 2. The first-order chi connectivity index (χ1) is 12.0. The Balaban J connectivity index is 1.47. The number of hydrogen-bond acceptors (Lipinski definition) is 6. The van der Waals surface area contributed by atoms with Crippen molar-refractivity contribution in [2.24, 2.45) is 0 Å². The van der Waals surface area contributed by atoms with Crippen LogP contribution in [0.4, 0.5) is 5.69 Å². The second kappa shape index (κ2) is 7.35. The molecule has 0 spiro atoms. The zero-order valence-corrected chi connectivity index (χ0v) is 14.3. The molecule has 1 aromatic heterocycles. The van der Waals surface area contributed by atoms with E-state index in [4.69, 9.17) is 9.47 Å². The van der Waals surface area contributed by atoms with E-state index in [1.165, 1.54) is 18.3 Å². The van der Waals surface area contributed by atoms with E-state index in [1.54, 1.807) is 24.3 Å². The van der Waals surface area contributed by atoms with Crippen LogP contribution in [0.2, 0.25) is 0 Å². The van der Waals surface area contributed by atoms with Gasteiger partial charge in [-0.25, -0.2) is 0 Å². The quantitative estimate of drug-likeness (QED) is 0.628. The zero-order valence-electron chi connectivity index (χ0n) is 13.5. The Morgan fingerprint density at radius 1 is 1.08 bits per heavy atom. The van der Waals surface area contributed by atoms with Gasteiger partial charge >= 0.3 is 11.8 Å². The van der Waals surface area contributed by atoms with Crippen molar-refractivity contribution in [3.63, 3.8) is 0 Å². The lowest BCUT2D eigenvalue weighted by Crippen LogP contribution is -2.36. The lowest BCUT2D eigenvalue weighted by atomic mass is 10.2. The largest absolute Gasteiger partial charge is 0.454 e. The molecule has 0 bridgehead atoms. The van der Waals surface area contributed by atoms with Crippen LogP contribution in [0.25, 0.3) is 0 Å². The van der Waals surface area contributed by atoms with Crippen molar-refractivity contribution in [2.75, 3.05) is 18.7 Å². The topological polar surface area (TPSA) is 93.7 Å². The van der Waals surface area contributed by atoms with Crippen molar-refractivity contribution < 1.29 is 23.9 Å². The molecule has 130 valence electrons. The molecule has 2 amide bonds. The molecule has 8 heteroatoms. The molecule has 25 heavy (non-hydrogen) atoms. The van der Waals surface area contributed by atoms with E-state index in [1.807, 2.05) is 6.07 Å². The molecule has 1 aromatic carbocycles. The Morgan fingerprint density at radius 2 is 1.88 bits per heavy atom. The average Bonchev–Trinajstić information content (AvgIpc) is 3.23. The Kier molecular flexibility index (Phi) is 4.99. The number of hydrogen-bond donors (Lipinski definition) is 2. The van der Waals surface area contributed by atoms with Gasteiger partial charge in [0.15, 0.2) is 17.3 Å². The van der Waals surface area contributed by atoms with E-state index in [9.17, 15) is 14.4 Å². The molecule has 0 saturated carbocycles. The highest BCUT2D eigenvalue weighted by atomic mass is 32.1. The number of thiophene rings is 1. The van der Waals surface area contributed by atoms with Gasteiger partial charge in [-0.15, -0.1) is 11.3 Å². The molecule has 7 nitrogen and oxygen atoms in total. The van der Waals surface area contributed by atoms with Gasteiger partial charge in [-0.1, -0.05) is 0 Å². The lowest BCUT2D eigenvalue weighted by molar-refractivity contribution is -0.136. The number of carbonyl (C=O) groups excluding carboxylic acids is 3. The number of anilines is 1. The molecule has 0 fully saturated rings. The molecule has 0 saturated heterocycles. The van der Waals surface area contributed by atoms with E-state index in [2.05, 4.69) is 10.6 Å². The van der Waals surface area contributed by atoms with Crippen molar-refractivity contribution in [3.8, 4) is 11.5 Å². The van der Waals surface area contributed by atoms with Gasteiger partial charge in [0.25, 0.3) is 0 Å².